The van der Waals surface area contributed by atoms with Crippen molar-refractivity contribution < 1.29 is 9.90 Å². The van der Waals surface area contributed by atoms with Crippen molar-refractivity contribution in [2.45, 2.75) is 44.6 Å². The number of hydrogen-bond acceptors (Lipinski definition) is 3. The van der Waals surface area contributed by atoms with Gasteiger partial charge in [-0.3, -0.25) is 9.69 Å². The topological polar surface area (TPSA) is 40.5 Å². The minimum absolute atomic E-state index is 0.108. The number of carbonyl (C=O) groups is 1. The fraction of sp³-hybridized carbons (Fsp3) is 0.435. The maximum Gasteiger partial charge on any atom is 0.164 e. The first-order chi connectivity index (χ1) is 12.5. The van der Waals surface area contributed by atoms with E-state index in [0.717, 1.165) is 31.5 Å². The summed E-state index contributed by atoms with van der Waals surface area (Å²) in [5, 5.41) is 9.94. The number of ketones is 1. The number of fused-ring (bicyclic) bond motifs is 4. The minimum atomic E-state index is 0.108. The second-order valence-corrected chi connectivity index (χ2v) is 8.14. The van der Waals surface area contributed by atoms with Gasteiger partial charge in [0.25, 0.3) is 0 Å². The summed E-state index contributed by atoms with van der Waals surface area (Å²) in [4.78, 5) is 15.0. The molecular formula is C23H27NO2. The number of likely N-dealkylation sites (tertiary alicyclic amines) is 1. The molecule has 1 N–H and O–H groups in total. The Hall–Kier alpha value is -2.13. The Kier molecular flexibility index (Phi) is 4.36. The number of hydrogen-bond donors (Lipinski definition) is 1. The number of nitrogens with zero attached hydrogens (tertiary/aromatic N) is 1. The monoisotopic (exact) mass is 349 g/mol. The van der Waals surface area contributed by atoms with Crippen molar-refractivity contribution in [2.75, 3.05) is 13.1 Å². The molecule has 1 saturated heterocycles. The summed E-state index contributed by atoms with van der Waals surface area (Å²) < 4.78 is 0. The van der Waals surface area contributed by atoms with E-state index < -0.39 is 0 Å². The lowest BCUT2D eigenvalue weighted by molar-refractivity contribution is 0.0305. The highest BCUT2D eigenvalue weighted by Crippen LogP contribution is 2.49. The molecule has 1 aliphatic carbocycles. The van der Waals surface area contributed by atoms with E-state index in [2.05, 4.69) is 24.8 Å². The number of aromatic hydroxyl groups is 1. The van der Waals surface area contributed by atoms with Crippen molar-refractivity contribution in [1.29, 1.82) is 0 Å². The molecule has 136 valence electrons. The first-order valence-electron chi connectivity index (χ1n) is 9.64. The van der Waals surface area contributed by atoms with E-state index in [9.17, 15) is 9.90 Å². The van der Waals surface area contributed by atoms with Gasteiger partial charge in [0.1, 0.15) is 5.75 Å². The van der Waals surface area contributed by atoms with E-state index in [1.807, 2.05) is 36.4 Å². The van der Waals surface area contributed by atoms with Crippen LogP contribution in [0.3, 0.4) is 0 Å². The van der Waals surface area contributed by atoms with Crippen LogP contribution < -0.4 is 0 Å². The molecule has 2 aliphatic rings. The molecule has 0 aromatic heterocycles. The molecule has 3 nitrogen and oxygen atoms in total. The Labute approximate surface area is 155 Å². The first-order valence-corrected chi connectivity index (χ1v) is 9.64. The molecule has 2 aromatic rings. The van der Waals surface area contributed by atoms with Crippen LogP contribution in [0, 0.1) is 5.92 Å². The van der Waals surface area contributed by atoms with Gasteiger partial charge in [0.15, 0.2) is 5.78 Å². The summed E-state index contributed by atoms with van der Waals surface area (Å²) >= 11 is 0. The van der Waals surface area contributed by atoms with Crippen molar-refractivity contribution in [3.63, 3.8) is 0 Å². The second-order valence-electron chi connectivity index (χ2n) is 8.14. The van der Waals surface area contributed by atoms with Gasteiger partial charge < -0.3 is 5.11 Å². The molecule has 1 heterocycles. The van der Waals surface area contributed by atoms with Crippen LogP contribution in [0.4, 0.5) is 0 Å². The van der Waals surface area contributed by atoms with Gasteiger partial charge in [-0.15, -0.1) is 0 Å². The number of rotatable bonds is 4. The standard InChI is InChI=1S/C23H27NO2/c1-16-21-14-18-8-9-19(25)15-20(18)23(16,2)11-13-24(21)12-10-22(26)17-6-4-3-5-7-17/h3-9,15-16,21,25H,10-14H2,1-2H3/t16-,21+,23+/m0/s1. The smallest absolute Gasteiger partial charge is 0.164 e. The van der Waals surface area contributed by atoms with Gasteiger partial charge in [-0.2, -0.15) is 0 Å². The highest BCUT2D eigenvalue weighted by molar-refractivity contribution is 5.96. The molecule has 26 heavy (non-hydrogen) atoms. The van der Waals surface area contributed by atoms with Crippen molar-refractivity contribution in [3.05, 3.63) is 65.2 Å². The summed E-state index contributed by atoms with van der Waals surface area (Å²) in [5.41, 5.74) is 3.59. The summed E-state index contributed by atoms with van der Waals surface area (Å²) in [6.07, 6.45) is 2.65. The zero-order valence-electron chi connectivity index (χ0n) is 15.6. The van der Waals surface area contributed by atoms with Crippen LogP contribution in [0.1, 0.15) is 48.2 Å². The molecule has 2 aromatic carbocycles. The van der Waals surface area contributed by atoms with Gasteiger partial charge in [-0.05, 0) is 54.0 Å². The molecule has 2 bridgehead atoms. The molecule has 3 heteroatoms. The Morgan fingerprint density at radius 1 is 1.23 bits per heavy atom. The predicted molar refractivity (Wildman–Crippen MR) is 104 cm³/mol. The van der Waals surface area contributed by atoms with Crippen LogP contribution in [0.15, 0.2) is 48.5 Å². The predicted octanol–water partition coefficient (Wildman–Crippen LogP) is 4.19. The van der Waals surface area contributed by atoms with E-state index in [4.69, 9.17) is 0 Å². The zero-order chi connectivity index (χ0) is 18.3. The Balaban J connectivity index is 1.52. The molecule has 0 saturated carbocycles. The Bertz CT molecular complexity index is 816. The third-order valence-electron chi connectivity index (χ3n) is 6.83. The fourth-order valence-electron chi connectivity index (χ4n) is 4.99. The second kappa shape index (κ2) is 6.55. The van der Waals surface area contributed by atoms with Gasteiger partial charge in [-0.1, -0.05) is 50.2 Å². The Morgan fingerprint density at radius 3 is 2.77 bits per heavy atom. The molecule has 0 spiro atoms. The third kappa shape index (κ3) is 2.84. The van der Waals surface area contributed by atoms with E-state index in [-0.39, 0.29) is 11.2 Å². The average molecular weight is 349 g/mol. The Morgan fingerprint density at radius 2 is 2.00 bits per heavy atom. The van der Waals surface area contributed by atoms with Crippen LogP contribution >= 0.6 is 0 Å². The molecule has 3 atom stereocenters. The number of benzene rings is 2. The SMILES string of the molecule is C[C@H]1[C@H]2Cc3ccc(O)cc3[C@]1(C)CCN2CCC(=O)c1ccccc1. The lowest BCUT2D eigenvalue weighted by Gasteiger charge is -2.54. The number of piperidine rings is 1. The van der Waals surface area contributed by atoms with E-state index in [1.54, 1.807) is 6.07 Å². The van der Waals surface area contributed by atoms with Crippen molar-refractivity contribution in [1.82, 2.24) is 4.90 Å². The van der Waals surface area contributed by atoms with Crippen molar-refractivity contribution in [2.24, 2.45) is 5.92 Å². The highest BCUT2D eigenvalue weighted by atomic mass is 16.3. The van der Waals surface area contributed by atoms with E-state index in [1.165, 1.54) is 11.1 Å². The molecule has 1 aliphatic heterocycles. The molecule has 0 unspecified atom stereocenters. The van der Waals surface area contributed by atoms with E-state index in [0.29, 0.717) is 24.1 Å². The number of Topliss-reactive ketones (excluding diaryl/α,β-unsaturated/α-hetero) is 1. The lowest BCUT2D eigenvalue weighted by atomic mass is 9.59. The normalized spacial score (nSPS) is 27.8. The largest absolute Gasteiger partial charge is 0.508 e. The molecule has 0 amide bonds. The third-order valence-corrected chi connectivity index (χ3v) is 6.83. The first kappa shape index (κ1) is 17.3. The van der Waals surface area contributed by atoms with Crippen LogP contribution in [0.25, 0.3) is 0 Å². The molecule has 1 fully saturated rings. The molecular weight excluding hydrogens is 322 g/mol. The fourth-order valence-corrected chi connectivity index (χ4v) is 4.99. The highest BCUT2D eigenvalue weighted by Gasteiger charge is 2.48. The van der Waals surface area contributed by atoms with Gasteiger partial charge in [0, 0.05) is 24.6 Å². The zero-order valence-corrected chi connectivity index (χ0v) is 15.6. The molecule has 4 rings (SSSR count). The van der Waals surface area contributed by atoms with Gasteiger partial charge in [0.2, 0.25) is 0 Å². The van der Waals surface area contributed by atoms with Gasteiger partial charge in [0.05, 0.1) is 0 Å². The van der Waals surface area contributed by atoms with Gasteiger partial charge >= 0.3 is 0 Å². The molecule has 0 radical (unpaired) electrons. The van der Waals surface area contributed by atoms with Crippen LogP contribution in [0.2, 0.25) is 0 Å². The van der Waals surface area contributed by atoms with Crippen LogP contribution in [-0.4, -0.2) is 34.9 Å². The summed E-state index contributed by atoms with van der Waals surface area (Å²) in [5.74, 6) is 1.11. The maximum atomic E-state index is 12.5. The van der Waals surface area contributed by atoms with Crippen LogP contribution in [0.5, 0.6) is 5.75 Å². The van der Waals surface area contributed by atoms with Crippen LogP contribution in [-0.2, 0) is 11.8 Å². The lowest BCUT2D eigenvalue weighted by Crippen LogP contribution is -2.58. The van der Waals surface area contributed by atoms with Crippen molar-refractivity contribution >= 4 is 5.78 Å². The number of phenols is 1. The van der Waals surface area contributed by atoms with Crippen molar-refractivity contribution in [3.8, 4) is 5.75 Å². The summed E-state index contributed by atoms with van der Waals surface area (Å²) in [6.45, 7) is 6.52. The minimum Gasteiger partial charge on any atom is -0.508 e. The van der Waals surface area contributed by atoms with Gasteiger partial charge in [-0.25, -0.2) is 0 Å². The summed E-state index contributed by atoms with van der Waals surface area (Å²) in [7, 11) is 0. The number of carbonyl (C=O) groups excluding carboxylic acids is 1. The maximum absolute atomic E-state index is 12.5. The number of phenolic OH excluding ortho intramolecular Hbond substituents is 1. The average Bonchev–Trinajstić information content (AvgIpc) is 2.65. The van der Waals surface area contributed by atoms with E-state index >= 15 is 0 Å². The summed E-state index contributed by atoms with van der Waals surface area (Å²) in [6, 6.07) is 15.9. The quantitative estimate of drug-likeness (QED) is 0.842.